The maximum Gasteiger partial charge on any atom is 0.336 e. The third kappa shape index (κ3) is 4.67. The molecule has 146 valence electrons. The molecule has 0 unspecified atom stereocenters. The summed E-state index contributed by atoms with van der Waals surface area (Å²) in [6.45, 7) is 7.03. The first-order valence-electron chi connectivity index (χ1n) is 9.02. The van der Waals surface area contributed by atoms with Crippen molar-refractivity contribution in [2.75, 3.05) is 0 Å². The standard InChI is InChI=1S/C20H25NO6/c1-5-7-15(20(24)25)21-19(23)12(4)26-16-9-8-14-13(6-2)10-17(22)27-18(14)11(16)3/h8-10,12,15H,5-7H2,1-4H3,(H,21,23)(H,24,25)/p-1/t12-,15-/m0/s1. The van der Waals surface area contributed by atoms with E-state index >= 15 is 0 Å². The van der Waals surface area contributed by atoms with Gasteiger partial charge in [-0.05, 0) is 44.4 Å². The Morgan fingerprint density at radius 2 is 2.00 bits per heavy atom. The van der Waals surface area contributed by atoms with E-state index in [9.17, 15) is 19.5 Å². The van der Waals surface area contributed by atoms with Gasteiger partial charge >= 0.3 is 5.63 Å². The van der Waals surface area contributed by atoms with Crippen molar-refractivity contribution in [3.05, 3.63) is 39.7 Å². The van der Waals surface area contributed by atoms with Gasteiger partial charge in [-0.25, -0.2) is 4.79 Å². The maximum absolute atomic E-state index is 12.3. The van der Waals surface area contributed by atoms with Crippen LogP contribution >= 0.6 is 0 Å². The van der Waals surface area contributed by atoms with Gasteiger partial charge in [0.05, 0.1) is 12.0 Å². The molecule has 0 aliphatic heterocycles. The van der Waals surface area contributed by atoms with Crippen molar-refractivity contribution < 1.29 is 23.8 Å². The Labute approximate surface area is 157 Å². The molecule has 1 aromatic carbocycles. The van der Waals surface area contributed by atoms with Gasteiger partial charge in [0.1, 0.15) is 11.3 Å². The molecule has 7 heteroatoms. The highest BCUT2D eigenvalue weighted by Crippen LogP contribution is 2.29. The molecule has 0 spiro atoms. The number of fused-ring (bicyclic) bond motifs is 1. The third-order valence-corrected chi connectivity index (χ3v) is 4.43. The van der Waals surface area contributed by atoms with Gasteiger partial charge in [0.15, 0.2) is 6.10 Å². The third-order valence-electron chi connectivity index (χ3n) is 4.43. The lowest BCUT2D eigenvalue weighted by Gasteiger charge is -2.22. The quantitative estimate of drug-likeness (QED) is 0.701. The summed E-state index contributed by atoms with van der Waals surface area (Å²) < 4.78 is 11.0. The van der Waals surface area contributed by atoms with Crippen LogP contribution in [0.25, 0.3) is 11.0 Å². The minimum absolute atomic E-state index is 0.279. The molecule has 0 aliphatic rings. The van der Waals surface area contributed by atoms with Crippen LogP contribution in [0.4, 0.5) is 0 Å². The van der Waals surface area contributed by atoms with Gasteiger partial charge in [0, 0.05) is 17.0 Å². The van der Waals surface area contributed by atoms with Gasteiger partial charge in [0.2, 0.25) is 0 Å². The number of hydrogen-bond acceptors (Lipinski definition) is 6. The number of benzene rings is 1. The average molecular weight is 374 g/mol. The molecule has 0 bridgehead atoms. The van der Waals surface area contributed by atoms with Crippen molar-refractivity contribution in [2.45, 2.75) is 59.1 Å². The van der Waals surface area contributed by atoms with E-state index in [-0.39, 0.29) is 6.42 Å². The molecule has 0 aliphatic carbocycles. The first-order valence-corrected chi connectivity index (χ1v) is 9.02. The normalized spacial score (nSPS) is 13.2. The molecule has 2 aromatic rings. The molecular weight excluding hydrogens is 350 g/mol. The van der Waals surface area contributed by atoms with E-state index in [2.05, 4.69) is 5.32 Å². The minimum atomic E-state index is -1.33. The number of rotatable bonds is 8. The van der Waals surface area contributed by atoms with Crippen molar-refractivity contribution in [3.8, 4) is 5.75 Å². The van der Waals surface area contributed by atoms with E-state index in [0.717, 1.165) is 10.9 Å². The largest absolute Gasteiger partial charge is 0.548 e. The molecule has 1 N–H and O–H groups in total. The van der Waals surface area contributed by atoms with E-state index in [1.165, 1.54) is 13.0 Å². The number of hydrogen-bond donors (Lipinski definition) is 1. The summed E-state index contributed by atoms with van der Waals surface area (Å²) in [5, 5.41) is 14.3. The zero-order chi connectivity index (χ0) is 20.1. The van der Waals surface area contributed by atoms with Gasteiger partial charge < -0.3 is 24.4 Å². The highest BCUT2D eigenvalue weighted by atomic mass is 16.5. The maximum atomic E-state index is 12.3. The monoisotopic (exact) mass is 374 g/mol. The topological polar surface area (TPSA) is 109 Å². The van der Waals surface area contributed by atoms with Crippen LogP contribution in [0, 0.1) is 6.92 Å². The second-order valence-corrected chi connectivity index (χ2v) is 6.44. The van der Waals surface area contributed by atoms with Crippen molar-refractivity contribution in [2.24, 2.45) is 0 Å². The van der Waals surface area contributed by atoms with Crippen molar-refractivity contribution >= 4 is 22.8 Å². The molecular formula is C20H24NO6-. The van der Waals surface area contributed by atoms with E-state index in [4.69, 9.17) is 9.15 Å². The Hall–Kier alpha value is -2.83. The number of aryl methyl sites for hydroxylation is 2. The summed E-state index contributed by atoms with van der Waals surface area (Å²) >= 11 is 0. The van der Waals surface area contributed by atoms with Gasteiger partial charge in [-0.2, -0.15) is 0 Å². The molecule has 7 nitrogen and oxygen atoms in total. The van der Waals surface area contributed by atoms with Crippen LogP contribution in [-0.4, -0.2) is 24.0 Å². The lowest BCUT2D eigenvalue weighted by atomic mass is 10.0. The summed E-state index contributed by atoms with van der Waals surface area (Å²) in [5.74, 6) is -1.49. The van der Waals surface area contributed by atoms with Gasteiger partial charge in [-0.1, -0.05) is 20.3 Å². The van der Waals surface area contributed by atoms with Crippen LogP contribution in [0.2, 0.25) is 0 Å². The van der Waals surface area contributed by atoms with E-state index in [0.29, 0.717) is 29.7 Å². The molecule has 1 heterocycles. The summed E-state index contributed by atoms with van der Waals surface area (Å²) in [6.07, 6.45) is 0.626. The predicted octanol–water partition coefficient (Wildman–Crippen LogP) is 1.47. The summed E-state index contributed by atoms with van der Waals surface area (Å²) in [7, 11) is 0. The first kappa shape index (κ1) is 20.5. The number of ether oxygens (including phenoxy) is 1. The molecule has 0 saturated heterocycles. The Morgan fingerprint density at radius 3 is 2.59 bits per heavy atom. The highest BCUT2D eigenvalue weighted by Gasteiger charge is 2.21. The fourth-order valence-electron chi connectivity index (χ4n) is 2.90. The predicted molar refractivity (Wildman–Crippen MR) is 98.5 cm³/mol. The lowest BCUT2D eigenvalue weighted by Crippen LogP contribution is -2.51. The zero-order valence-electron chi connectivity index (χ0n) is 16.0. The summed E-state index contributed by atoms with van der Waals surface area (Å²) in [5.41, 5.74) is 1.45. The van der Waals surface area contributed by atoms with Crippen molar-refractivity contribution in [3.63, 3.8) is 0 Å². The molecule has 1 amide bonds. The van der Waals surface area contributed by atoms with Crippen LogP contribution in [0.15, 0.2) is 27.4 Å². The molecule has 0 fully saturated rings. The molecule has 0 saturated carbocycles. The number of carboxylic acids is 1. The van der Waals surface area contributed by atoms with E-state index in [1.54, 1.807) is 19.1 Å². The van der Waals surface area contributed by atoms with Gasteiger partial charge in [-0.3, -0.25) is 4.79 Å². The second kappa shape index (κ2) is 8.70. The first-order chi connectivity index (χ1) is 12.8. The number of nitrogens with one attached hydrogen (secondary N) is 1. The zero-order valence-corrected chi connectivity index (χ0v) is 16.0. The van der Waals surface area contributed by atoms with Crippen LogP contribution in [0.5, 0.6) is 5.75 Å². The summed E-state index contributed by atoms with van der Waals surface area (Å²) in [6, 6.07) is 3.90. The number of amides is 1. The van der Waals surface area contributed by atoms with Crippen molar-refractivity contribution in [1.29, 1.82) is 0 Å². The number of carbonyl (C=O) groups excluding carboxylic acids is 2. The van der Waals surface area contributed by atoms with Crippen LogP contribution < -0.4 is 20.8 Å². The lowest BCUT2D eigenvalue weighted by molar-refractivity contribution is -0.308. The number of carbonyl (C=O) groups is 2. The summed E-state index contributed by atoms with van der Waals surface area (Å²) in [4.78, 5) is 35.1. The van der Waals surface area contributed by atoms with E-state index < -0.39 is 29.6 Å². The number of aliphatic carboxylic acids is 1. The fraction of sp³-hybridized carbons (Fsp3) is 0.450. The average Bonchev–Trinajstić information content (AvgIpc) is 2.63. The fourth-order valence-corrected chi connectivity index (χ4v) is 2.90. The smallest absolute Gasteiger partial charge is 0.336 e. The highest BCUT2D eigenvalue weighted by molar-refractivity contribution is 5.87. The van der Waals surface area contributed by atoms with Crippen LogP contribution in [0.1, 0.15) is 44.7 Å². The second-order valence-electron chi connectivity index (χ2n) is 6.44. The van der Waals surface area contributed by atoms with Crippen LogP contribution in [-0.2, 0) is 16.0 Å². The van der Waals surface area contributed by atoms with E-state index in [1.807, 2.05) is 13.8 Å². The molecule has 1 aromatic heterocycles. The Kier molecular flexibility index (Phi) is 6.60. The van der Waals surface area contributed by atoms with Gasteiger partial charge in [0.25, 0.3) is 5.91 Å². The number of carboxylic acid groups (broad SMARTS) is 1. The SMILES string of the molecule is CCC[C@H](NC(=O)[C@H](C)Oc1ccc2c(CC)cc(=O)oc2c1C)C(=O)[O-]. The minimum Gasteiger partial charge on any atom is -0.548 e. The van der Waals surface area contributed by atoms with Gasteiger partial charge in [-0.15, -0.1) is 0 Å². The molecule has 0 radical (unpaired) electrons. The van der Waals surface area contributed by atoms with Crippen molar-refractivity contribution in [1.82, 2.24) is 5.32 Å². The Bertz CT molecular complexity index is 901. The Morgan fingerprint density at radius 1 is 1.30 bits per heavy atom. The Balaban J connectivity index is 2.25. The molecule has 2 rings (SSSR count). The van der Waals surface area contributed by atoms with Crippen LogP contribution in [0.3, 0.4) is 0 Å². The molecule has 2 atom stereocenters. The molecule has 27 heavy (non-hydrogen) atoms.